The Morgan fingerprint density at radius 1 is 0.605 bits per heavy atom. The highest BCUT2D eigenvalue weighted by atomic mass is 32.1. The Hall–Kier alpha value is -4.94. The zero-order valence-corrected chi connectivity index (χ0v) is 20.9. The lowest BCUT2D eigenvalue weighted by molar-refractivity contribution is -0.384. The van der Waals surface area contributed by atoms with E-state index in [9.17, 15) is 10.1 Å². The van der Waals surface area contributed by atoms with E-state index in [1.54, 1.807) is 29.5 Å². The van der Waals surface area contributed by atoms with Gasteiger partial charge in [-0.1, -0.05) is 91.0 Å². The standard InChI is InChI=1S/C32H19N3O2S/c36-35(37)25-17-9-7-15-22(25)24-19-27-28(23-16-8-10-18-26(23)38-27)32-31(24)33-29(20-11-3-1-4-12-20)30(34-32)21-13-5-2-6-14-21/h1-19H. The molecule has 0 radical (unpaired) electrons. The summed E-state index contributed by atoms with van der Waals surface area (Å²) in [7, 11) is 0. The smallest absolute Gasteiger partial charge is 0.258 e. The van der Waals surface area contributed by atoms with Crippen LogP contribution in [0.25, 0.3) is 64.8 Å². The highest BCUT2D eigenvalue weighted by Crippen LogP contribution is 2.45. The van der Waals surface area contributed by atoms with Gasteiger partial charge in [-0.2, -0.15) is 0 Å². The Morgan fingerprint density at radius 2 is 1.18 bits per heavy atom. The molecule has 5 aromatic carbocycles. The van der Waals surface area contributed by atoms with Crippen molar-refractivity contribution in [1.82, 2.24) is 9.97 Å². The van der Waals surface area contributed by atoms with E-state index >= 15 is 0 Å². The number of aromatic nitrogens is 2. The van der Waals surface area contributed by atoms with Gasteiger partial charge in [0.05, 0.1) is 32.9 Å². The zero-order chi connectivity index (χ0) is 25.6. The third-order valence-corrected chi connectivity index (χ3v) is 7.89. The van der Waals surface area contributed by atoms with Gasteiger partial charge in [-0.3, -0.25) is 10.1 Å². The van der Waals surface area contributed by atoms with Crippen molar-refractivity contribution in [2.45, 2.75) is 0 Å². The van der Waals surface area contributed by atoms with E-state index in [4.69, 9.17) is 9.97 Å². The molecule has 180 valence electrons. The molecule has 0 saturated heterocycles. The summed E-state index contributed by atoms with van der Waals surface area (Å²) in [6, 6.07) is 37.2. The Kier molecular flexibility index (Phi) is 5.20. The van der Waals surface area contributed by atoms with Crippen LogP contribution in [-0.2, 0) is 0 Å². The summed E-state index contributed by atoms with van der Waals surface area (Å²) >= 11 is 1.66. The highest BCUT2D eigenvalue weighted by molar-refractivity contribution is 7.26. The molecular weight excluding hydrogens is 490 g/mol. The number of rotatable bonds is 4. The van der Waals surface area contributed by atoms with Crippen LogP contribution in [0.2, 0.25) is 0 Å². The zero-order valence-electron chi connectivity index (χ0n) is 20.0. The Morgan fingerprint density at radius 3 is 1.87 bits per heavy atom. The van der Waals surface area contributed by atoms with Crippen LogP contribution >= 0.6 is 11.3 Å². The average Bonchev–Trinajstić information content (AvgIpc) is 3.35. The van der Waals surface area contributed by atoms with Crippen molar-refractivity contribution >= 4 is 48.2 Å². The summed E-state index contributed by atoms with van der Waals surface area (Å²) in [5.74, 6) is 0. The lowest BCUT2D eigenvalue weighted by Gasteiger charge is -2.14. The number of para-hydroxylation sites is 1. The van der Waals surface area contributed by atoms with Crippen LogP contribution < -0.4 is 0 Å². The topological polar surface area (TPSA) is 68.9 Å². The maximum atomic E-state index is 12.0. The maximum absolute atomic E-state index is 12.0. The predicted molar refractivity (Wildman–Crippen MR) is 155 cm³/mol. The van der Waals surface area contributed by atoms with Crippen LogP contribution in [-0.4, -0.2) is 14.9 Å². The number of nitrogens with zero attached hydrogens (tertiary/aromatic N) is 3. The third kappa shape index (κ3) is 3.54. The summed E-state index contributed by atoms with van der Waals surface area (Å²) in [4.78, 5) is 22.3. The van der Waals surface area contributed by atoms with Gasteiger partial charge in [0.1, 0.15) is 0 Å². The Balaban J connectivity index is 1.69. The van der Waals surface area contributed by atoms with E-state index in [1.807, 2.05) is 84.9 Å². The number of hydrogen-bond donors (Lipinski definition) is 0. The molecule has 6 heteroatoms. The predicted octanol–water partition coefficient (Wildman–Crippen LogP) is 8.91. The van der Waals surface area contributed by atoms with Crippen LogP contribution in [0.5, 0.6) is 0 Å². The highest BCUT2D eigenvalue weighted by Gasteiger charge is 2.23. The summed E-state index contributed by atoms with van der Waals surface area (Å²) in [6.45, 7) is 0. The number of benzene rings is 5. The number of hydrogen-bond acceptors (Lipinski definition) is 5. The van der Waals surface area contributed by atoms with Gasteiger partial charge in [0.25, 0.3) is 5.69 Å². The second-order valence-corrected chi connectivity index (χ2v) is 10.1. The number of thiophene rings is 1. The van der Waals surface area contributed by atoms with Crippen molar-refractivity contribution in [1.29, 1.82) is 0 Å². The Bertz CT molecular complexity index is 2000. The first kappa shape index (κ1) is 22.3. The molecule has 0 unspecified atom stereocenters. The molecule has 0 spiro atoms. The fourth-order valence-electron chi connectivity index (χ4n) is 5.07. The van der Waals surface area contributed by atoms with Gasteiger partial charge in [-0.05, 0) is 18.2 Å². The van der Waals surface area contributed by atoms with E-state index in [2.05, 4.69) is 12.1 Å². The van der Waals surface area contributed by atoms with Gasteiger partial charge >= 0.3 is 0 Å². The molecule has 0 N–H and O–H groups in total. The monoisotopic (exact) mass is 509 g/mol. The SMILES string of the molecule is O=[N+]([O-])c1ccccc1-c1cc2sc3ccccc3c2c2nc(-c3ccccc3)c(-c3ccccc3)nc12. The molecule has 7 aromatic rings. The molecule has 2 heterocycles. The van der Waals surface area contributed by atoms with E-state index in [0.717, 1.165) is 48.2 Å². The van der Waals surface area contributed by atoms with Crippen LogP contribution in [0, 0.1) is 10.1 Å². The first-order valence-electron chi connectivity index (χ1n) is 12.2. The summed E-state index contributed by atoms with van der Waals surface area (Å²) in [5, 5.41) is 14.2. The van der Waals surface area contributed by atoms with E-state index < -0.39 is 0 Å². The molecule has 0 aliphatic heterocycles. The van der Waals surface area contributed by atoms with E-state index in [0.29, 0.717) is 16.6 Å². The van der Waals surface area contributed by atoms with Crippen LogP contribution in [0.15, 0.2) is 115 Å². The Labute approximate surface area is 221 Å². The molecule has 2 aromatic heterocycles. The fourth-order valence-corrected chi connectivity index (χ4v) is 6.22. The van der Waals surface area contributed by atoms with Gasteiger partial charge in [0.15, 0.2) is 0 Å². The lowest BCUT2D eigenvalue weighted by atomic mass is 9.97. The van der Waals surface area contributed by atoms with Gasteiger partial charge < -0.3 is 0 Å². The number of nitro benzene ring substituents is 1. The molecule has 0 aliphatic carbocycles. The molecule has 0 amide bonds. The fraction of sp³-hybridized carbons (Fsp3) is 0. The molecule has 0 saturated carbocycles. The number of fused-ring (bicyclic) bond motifs is 5. The molecule has 0 fully saturated rings. The normalized spacial score (nSPS) is 11.4. The molecule has 0 atom stereocenters. The number of nitro groups is 1. The van der Waals surface area contributed by atoms with Crippen molar-refractivity contribution in [2.24, 2.45) is 0 Å². The van der Waals surface area contributed by atoms with Gasteiger partial charge in [0.2, 0.25) is 0 Å². The van der Waals surface area contributed by atoms with E-state index in [-0.39, 0.29) is 10.6 Å². The summed E-state index contributed by atoms with van der Waals surface area (Å²) < 4.78 is 2.16. The second-order valence-electron chi connectivity index (χ2n) is 9.02. The van der Waals surface area contributed by atoms with Crippen LogP contribution in [0.3, 0.4) is 0 Å². The first-order chi connectivity index (χ1) is 18.7. The third-order valence-electron chi connectivity index (χ3n) is 6.77. The minimum Gasteiger partial charge on any atom is -0.258 e. The minimum atomic E-state index is -0.333. The summed E-state index contributed by atoms with van der Waals surface area (Å²) in [6.07, 6.45) is 0. The van der Waals surface area contributed by atoms with E-state index in [1.165, 1.54) is 0 Å². The van der Waals surface area contributed by atoms with Crippen molar-refractivity contribution in [3.05, 3.63) is 125 Å². The van der Waals surface area contributed by atoms with Gasteiger partial charge in [-0.15, -0.1) is 11.3 Å². The summed E-state index contributed by atoms with van der Waals surface area (Å²) in [5.41, 5.74) is 6.08. The largest absolute Gasteiger partial charge is 0.277 e. The van der Waals surface area contributed by atoms with Crippen LogP contribution in [0.1, 0.15) is 0 Å². The molecule has 0 aliphatic rings. The molecule has 0 bridgehead atoms. The van der Waals surface area contributed by atoms with Gasteiger partial charge in [-0.25, -0.2) is 9.97 Å². The molecular formula is C32H19N3O2S. The minimum absolute atomic E-state index is 0.0458. The van der Waals surface area contributed by atoms with Crippen molar-refractivity contribution in [3.63, 3.8) is 0 Å². The lowest BCUT2D eigenvalue weighted by Crippen LogP contribution is -1.99. The second kappa shape index (κ2) is 8.87. The molecule has 7 rings (SSSR count). The molecule has 5 nitrogen and oxygen atoms in total. The van der Waals surface area contributed by atoms with Gasteiger partial charge in [0, 0.05) is 42.9 Å². The average molecular weight is 510 g/mol. The molecule has 38 heavy (non-hydrogen) atoms. The van der Waals surface area contributed by atoms with Crippen molar-refractivity contribution < 1.29 is 4.92 Å². The first-order valence-corrected chi connectivity index (χ1v) is 13.0. The quantitative estimate of drug-likeness (QED) is 0.175. The van der Waals surface area contributed by atoms with Crippen molar-refractivity contribution in [3.8, 4) is 33.6 Å². The van der Waals surface area contributed by atoms with Crippen molar-refractivity contribution in [2.75, 3.05) is 0 Å². The maximum Gasteiger partial charge on any atom is 0.277 e. The van der Waals surface area contributed by atoms with Crippen LogP contribution in [0.4, 0.5) is 5.69 Å².